The lowest BCUT2D eigenvalue weighted by Crippen LogP contribution is -1.52. The van der Waals surface area contributed by atoms with Crippen LogP contribution in [-0.4, -0.2) is 0 Å². The van der Waals surface area contributed by atoms with Gasteiger partial charge in [0.05, 0.1) is 0 Å². The molecule has 0 aliphatic carbocycles. The van der Waals surface area contributed by atoms with Gasteiger partial charge in [0.1, 0.15) is 0 Å². The highest BCUT2D eigenvalue weighted by Gasteiger charge is 1.81. The van der Waals surface area contributed by atoms with E-state index >= 15 is 0 Å². The van der Waals surface area contributed by atoms with Crippen LogP contribution in [0, 0.1) is 12.3 Å². The molecule has 0 N–H and O–H groups in total. The molecule has 9 heavy (non-hydrogen) atoms. The van der Waals surface area contributed by atoms with E-state index in [-0.39, 0.29) is 0 Å². The lowest BCUT2D eigenvalue weighted by Gasteiger charge is -1.74. The van der Waals surface area contributed by atoms with E-state index in [1.165, 1.54) is 4.88 Å². The maximum Gasteiger partial charge on any atom is 0.0276 e. The molecule has 0 saturated heterocycles. The SMILES string of the molecule is C#C/C=C/c1cccs1. The van der Waals surface area contributed by atoms with Gasteiger partial charge in [0, 0.05) is 4.88 Å². The van der Waals surface area contributed by atoms with Gasteiger partial charge in [0.2, 0.25) is 0 Å². The largest absolute Gasteiger partial charge is 0.144 e. The van der Waals surface area contributed by atoms with Crippen molar-refractivity contribution in [3.8, 4) is 12.3 Å². The van der Waals surface area contributed by atoms with Crippen molar-refractivity contribution < 1.29 is 0 Å². The summed E-state index contributed by atoms with van der Waals surface area (Å²) in [5.41, 5.74) is 0. The molecule has 1 aromatic heterocycles. The molecule has 0 radical (unpaired) electrons. The Morgan fingerprint density at radius 3 is 3.11 bits per heavy atom. The highest BCUT2D eigenvalue weighted by Crippen LogP contribution is 2.09. The molecule has 0 aliphatic rings. The van der Waals surface area contributed by atoms with Crippen LogP contribution in [0.1, 0.15) is 4.88 Å². The molecule has 0 nitrogen and oxygen atoms in total. The maximum atomic E-state index is 5.01. The number of rotatable bonds is 1. The minimum Gasteiger partial charge on any atom is -0.144 e. The number of hydrogen-bond acceptors (Lipinski definition) is 1. The van der Waals surface area contributed by atoms with Gasteiger partial charge in [-0.2, -0.15) is 0 Å². The standard InChI is InChI=1S/C8H6S/c1-2-3-5-8-6-4-7-9-8/h1,3-7H/b5-3+. The smallest absolute Gasteiger partial charge is 0.0276 e. The van der Waals surface area contributed by atoms with Crippen molar-refractivity contribution >= 4 is 17.4 Å². The summed E-state index contributed by atoms with van der Waals surface area (Å²) in [5, 5.41) is 2.02. The predicted molar refractivity (Wildman–Crippen MR) is 42.2 cm³/mol. The van der Waals surface area contributed by atoms with Gasteiger partial charge in [0.15, 0.2) is 0 Å². The third-order valence-electron chi connectivity index (χ3n) is 0.887. The fraction of sp³-hybridized carbons (Fsp3) is 0. The first-order valence-electron chi connectivity index (χ1n) is 2.59. The molecule has 0 unspecified atom stereocenters. The highest BCUT2D eigenvalue weighted by molar-refractivity contribution is 7.10. The van der Waals surface area contributed by atoms with Crippen molar-refractivity contribution in [2.45, 2.75) is 0 Å². The van der Waals surface area contributed by atoms with Crippen LogP contribution in [0.15, 0.2) is 23.6 Å². The summed E-state index contributed by atoms with van der Waals surface area (Å²) in [6.45, 7) is 0. The van der Waals surface area contributed by atoms with Crippen molar-refractivity contribution in [1.82, 2.24) is 0 Å². The number of terminal acetylenes is 1. The van der Waals surface area contributed by atoms with Crippen LogP contribution in [0.4, 0.5) is 0 Å². The molecular formula is C8H6S. The van der Waals surface area contributed by atoms with Gasteiger partial charge >= 0.3 is 0 Å². The van der Waals surface area contributed by atoms with Gasteiger partial charge in [-0.05, 0) is 23.6 Å². The van der Waals surface area contributed by atoms with Gasteiger partial charge < -0.3 is 0 Å². The van der Waals surface area contributed by atoms with Crippen molar-refractivity contribution in [3.05, 3.63) is 28.5 Å². The first kappa shape index (κ1) is 6.12. The first-order valence-corrected chi connectivity index (χ1v) is 3.47. The summed E-state index contributed by atoms with van der Waals surface area (Å²) in [7, 11) is 0. The number of hydrogen-bond donors (Lipinski definition) is 0. The molecule has 0 aliphatic heterocycles. The van der Waals surface area contributed by atoms with E-state index in [9.17, 15) is 0 Å². The van der Waals surface area contributed by atoms with Crippen molar-refractivity contribution in [2.75, 3.05) is 0 Å². The molecule has 0 spiro atoms. The van der Waals surface area contributed by atoms with Crippen LogP contribution in [0.3, 0.4) is 0 Å². The van der Waals surface area contributed by atoms with Gasteiger partial charge in [-0.3, -0.25) is 0 Å². The van der Waals surface area contributed by atoms with E-state index in [4.69, 9.17) is 6.42 Å². The van der Waals surface area contributed by atoms with E-state index in [0.29, 0.717) is 0 Å². The minimum absolute atomic E-state index is 1.20. The zero-order valence-electron chi connectivity index (χ0n) is 4.87. The molecule has 0 bridgehead atoms. The zero-order chi connectivity index (χ0) is 6.53. The van der Waals surface area contributed by atoms with Crippen molar-refractivity contribution in [2.24, 2.45) is 0 Å². The average Bonchev–Trinajstić information content (AvgIpc) is 2.34. The highest BCUT2D eigenvalue weighted by atomic mass is 32.1. The van der Waals surface area contributed by atoms with Crippen LogP contribution >= 0.6 is 11.3 Å². The first-order chi connectivity index (χ1) is 4.43. The fourth-order valence-electron chi connectivity index (χ4n) is 0.516. The Morgan fingerprint density at radius 2 is 2.56 bits per heavy atom. The van der Waals surface area contributed by atoms with Gasteiger partial charge in [-0.1, -0.05) is 12.0 Å². The summed E-state index contributed by atoms with van der Waals surface area (Å²) < 4.78 is 0. The maximum absolute atomic E-state index is 5.01. The lowest BCUT2D eigenvalue weighted by molar-refractivity contribution is 1.95. The molecule has 0 fully saturated rings. The minimum atomic E-state index is 1.20. The Hall–Kier alpha value is -1.00. The number of allylic oxidation sites excluding steroid dienone is 1. The van der Waals surface area contributed by atoms with Gasteiger partial charge in [-0.25, -0.2) is 0 Å². The summed E-state index contributed by atoms with van der Waals surface area (Å²) in [4.78, 5) is 1.20. The molecule has 0 atom stereocenters. The molecular weight excluding hydrogens is 128 g/mol. The second-order valence-electron chi connectivity index (χ2n) is 1.52. The fourth-order valence-corrected chi connectivity index (χ4v) is 1.13. The quantitative estimate of drug-likeness (QED) is 0.517. The van der Waals surface area contributed by atoms with E-state index in [1.54, 1.807) is 17.4 Å². The van der Waals surface area contributed by atoms with E-state index in [0.717, 1.165) is 0 Å². The van der Waals surface area contributed by atoms with Crippen LogP contribution in [0.25, 0.3) is 6.08 Å². The molecule has 0 saturated carbocycles. The molecule has 0 amide bonds. The van der Waals surface area contributed by atoms with Crippen molar-refractivity contribution in [1.29, 1.82) is 0 Å². The third-order valence-corrected chi connectivity index (χ3v) is 1.72. The Bertz CT molecular complexity index is 224. The Kier molecular flexibility index (Phi) is 2.12. The van der Waals surface area contributed by atoms with Crippen LogP contribution in [0.2, 0.25) is 0 Å². The average molecular weight is 134 g/mol. The second kappa shape index (κ2) is 3.11. The normalized spacial score (nSPS) is 9.67. The van der Waals surface area contributed by atoms with Crippen LogP contribution in [0.5, 0.6) is 0 Å². The van der Waals surface area contributed by atoms with E-state index in [1.807, 2.05) is 23.6 Å². The summed E-state index contributed by atoms with van der Waals surface area (Å²) in [5.74, 6) is 2.43. The molecule has 1 rings (SSSR count). The molecule has 0 aromatic carbocycles. The summed E-state index contributed by atoms with van der Waals surface area (Å²) in [6, 6.07) is 4.03. The Morgan fingerprint density at radius 1 is 1.67 bits per heavy atom. The lowest BCUT2D eigenvalue weighted by atomic mass is 10.4. The molecule has 44 valence electrons. The monoisotopic (exact) mass is 134 g/mol. The number of thiophene rings is 1. The van der Waals surface area contributed by atoms with E-state index < -0.39 is 0 Å². The Labute approximate surface area is 58.8 Å². The van der Waals surface area contributed by atoms with Gasteiger partial charge in [-0.15, -0.1) is 17.8 Å². The Balaban J connectivity index is 2.71. The topological polar surface area (TPSA) is 0 Å². The molecule has 1 heterocycles. The van der Waals surface area contributed by atoms with Crippen LogP contribution in [-0.2, 0) is 0 Å². The zero-order valence-corrected chi connectivity index (χ0v) is 5.69. The van der Waals surface area contributed by atoms with Gasteiger partial charge in [0.25, 0.3) is 0 Å². The summed E-state index contributed by atoms with van der Waals surface area (Å²) >= 11 is 1.68. The second-order valence-corrected chi connectivity index (χ2v) is 2.49. The van der Waals surface area contributed by atoms with Crippen LogP contribution < -0.4 is 0 Å². The predicted octanol–water partition coefficient (Wildman–Crippen LogP) is 2.39. The van der Waals surface area contributed by atoms with Crippen molar-refractivity contribution in [3.63, 3.8) is 0 Å². The van der Waals surface area contributed by atoms with E-state index in [2.05, 4.69) is 5.92 Å². The third kappa shape index (κ3) is 1.75. The summed E-state index contributed by atoms with van der Waals surface area (Å²) in [6.07, 6.45) is 8.63. The molecule has 1 aromatic rings. The molecule has 1 heteroatoms.